The predicted octanol–water partition coefficient (Wildman–Crippen LogP) is -0.497. The van der Waals surface area contributed by atoms with E-state index in [9.17, 15) is 13.2 Å². The minimum absolute atomic E-state index is 0.00913. The highest BCUT2D eigenvalue weighted by Gasteiger charge is 2.31. The SMILES string of the molecule is NC(=NCCC[C@H](N)C(=O)N1CCCC1)NS(=O)(=O)C1CCC1. The third-order valence-corrected chi connectivity index (χ3v) is 6.27. The van der Waals surface area contributed by atoms with Crippen LogP contribution in [0.5, 0.6) is 0 Å². The maximum atomic E-state index is 12.0. The number of nitrogens with one attached hydrogen (secondary N) is 1. The molecule has 2 rings (SSSR count). The molecule has 8 nitrogen and oxygen atoms in total. The van der Waals surface area contributed by atoms with Crippen molar-refractivity contribution >= 4 is 21.9 Å². The molecule has 2 aliphatic rings. The summed E-state index contributed by atoms with van der Waals surface area (Å²) < 4.78 is 26.0. The first-order chi connectivity index (χ1) is 10.9. The zero-order valence-corrected chi connectivity index (χ0v) is 14.2. The lowest BCUT2D eigenvalue weighted by Crippen LogP contribution is -2.44. The van der Waals surface area contributed by atoms with Crippen molar-refractivity contribution in [2.75, 3.05) is 19.6 Å². The van der Waals surface area contributed by atoms with Gasteiger partial charge in [0.05, 0.1) is 11.3 Å². The van der Waals surface area contributed by atoms with E-state index in [0.29, 0.717) is 32.2 Å². The van der Waals surface area contributed by atoms with Crippen LogP contribution in [0.3, 0.4) is 0 Å². The first-order valence-electron chi connectivity index (χ1n) is 8.26. The van der Waals surface area contributed by atoms with Gasteiger partial charge in [0.25, 0.3) is 0 Å². The molecule has 0 bridgehead atoms. The molecule has 1 aliphatic heterocycles. The van der Waals surface area contributed by atoms with E-state index in [4.69, 9.17) is 11.5 Å². The van der Waals surface area contributed by atoms with Gasteiger partial charge in [-0.15, -0.1) is 0 Å². The van der Waals surface area contributed by atoms with Gasteiger partial charge in [0.1, 0.15) is 0 Å². The van der Waals surface area contributed by atoms with Gasteiger partial charge in [-0.05, 0) is 38.5 Å². The topological polar surface area (TPSA) is 131 Å². The molecule has 1 saturated heterocycles. The van der Waals surface area contributed by atoms with Gasteiger partial charge in [-0.25, -0.2) is 8.42 Å². The third-order valence-electron chi connectivity index (χ3n) is 4.43. The summed E-state index contributed by atoms with van der Waals surface area (Å²) in [5, 5.41) is -0.345. The standard InChI is InChI=1S/C14H27N5O3S/c15-12(13(20)19-9-1-2-10-19)7-4-8-17-14(16)18-23(21,22)11-5-3-6-11/h11-12H,1-10,15H2,(H3,16,17,18)/t12-/m0/s1. The van der Waals surface area contributed by atoms with E-state index < -0.39 is 16.1 Å². The number of sulfonamides is 1. The van der Waals surface area contributed by atoms with Crippen LogP contribution < -0.4 is 16.2 Å². The molecule has 2 fully saturated rings. The fourth-order valence-electron chi connectivity index (χ4n) is 2.75. The van der Waals surface area contributed by atoms with Gasteiger partial charge in [-0.2, -0.15) is 0 Å². The number of likely N-dealkylation sites (tertiary alicyclic amines) is 1. The molecule has 0 aromatic heterocycles. The number of hydrogen-bond donors (Lipinski definition) is 3. The number of guanidine groups is 1. The molecule has 5 N–H and O–H groups in total. The first-order valence-corrected chi connectivity index (χ1v) is 9.80. The summed E-state index contributed by atoms with van der Waals surface area (Å²) in [6.07, 6.45) is 5.48. The molecule has 9 heteroatoms. The van der Waals surface area contributed by atoms with Crippen LogP contribution in [0, 0.1) is 0 Å². The molecule has 1 amide bonds. The van der Waals surface area contributed by atoms with Gasteiger partial charge in [0.2, 0.25) is 21.9 Å². The van der Waals surface area contributed by atoms with Crippen molar-refractivity contribution in [2.45, 2.75) is 56.2 Å². The second-order valence-electron chi connectivity index (χ2n) is 6.25. The summed E-state index contributed by atoms with van der Waals surface area (Å²) in [6, 6.07) is -0.517. The lowest BCUT2D eigenvalue weighted by Gasteiger charge is -2.25. The van der Waals surface area contributed by atoms with Crippen LogP contribution in [0.1, 0.15) is 44.9 Å². The van der Waals surface area contributed by atoms with E-state index in [1.165, 1.54) is 0 Å². The molecule has 1 heterocycles. The van der Waals surface area contributed by atoms with Crippen LogP contribution in [0.2, 0.25) is 0 Å². The highest BCUT2D eigenvalue weighted by molar-refractivity contribution is 7.90. The van der Waals surface area contributed by atoms with Crippen molar-refractivity contribution in [3.05, 3.63) is 0 Å². The molecule has 1 saturated carbocycles. The highest BCUT2D eigenvalue weighted by atomic mass is 32.2. The van der Waals surface area contributed by atoms with Crippen molar-refractivity contribution in [1.29, 1.82) is 0 Å². The maximum Gasteiger partial charge on any atom is 0.239 e. The summed E-state index contributed by atoms with van der Waals surface area (Å²) in [5.41, 5.74) is 11.5. The van der Waals surface area contributed by atoms with Gasteiger partial charge < -0.3 is 16.4 Å². The second-order valence-corrected chi connectivity index (χ2v) is 8.21. The Morgan fingerprint density at radius 3 is 2.48 bits per heavy atom. The number of nitrogens with zero attached hydrogens (tertiary/aromatic N) is 2. The molecular formula is C14H27N5O3S. The number of rotatable bonds is 7. The molecule has 1 aliphatic carbocycles. The van der Waals surface area contributed by atoms with Crippen LogP contribution in [-0.2, 0) is 14.8 Å². The van der Waals surface area contributed by atoms with Crippen LogP contribution in [0.15, 0.2) is 4.99 Å². The lowest BCUT2D eigenvalue weighted by molar-refractivity contribution is -0.131. The number of aliphatic imine (C=N–C) groups is 1. The van der Waals surface area contributed by atoms with E-state index in [2.05, 4.69) is 9.71 Å². The van der Waals surface area contributed by atoms with E-state index in [0.717, 1.165) is 32.4 Å². The monoisotopic (exact) mass is 345 g/mol. The summed E-state index contributed by atoms with van der Waals surface area (Å²) in [6.45, 7) is 1.93. The van der Waals surface area contributed by atoms with Crippen molar-refractivity contribution in [1.82, 2.24) is 9.62 Å². The molecule has 132 valence electrons. The van der Waals surface area contributed by atoms with E-state index in [1.54, 1.807) is 4.90 Å². The third kappa shape index (κ3) is 5.07. The predicted molar refractivity (Wildman–Crippen MR) is 89.2 cm³/mol. The van der Waals surface area contributed by atoms with Crippen molar-refractivity contribution < 1.29 is 13.2 Å². The van der Waals surface area contributed by atoms with Gasteiger partial charge in [0, 0.05) is 19.6 Å². The fraction of sp³-hybridized carbons (Fsp3) is 0.857. The Labute approximate surface area is 137 Å². The van der Waals surface area contributed by atoms with Crippen LogP contribution >= 0.6 is 0 Å². The van der Waals surface area contributed by atoms with Crippen LogP contribution in [-0.4, -0.2) is 56.1 Å². The summed E-state index contributed by atoms with van der Waals surface area (Å²) in [7, 11) is -3.39. The van der Waals surface area contributed by atoms with E-state index in [-0.39, 0.29) is 17.1 Å². The molecular weight excluding hydrogens is 318 g/mol. The second kappa shape index (κ2) is 7.96. The zero-order valence-electron chi connectivity index (χ0n) is 13.4. The van der Waals surface area contributed by atoms with Gasteiger partial charge in [-0.1, -0.05) is 6.42 Å². The quantitative estimate of drug-likeness (QED) is 0.325. The number of hydrogen-bond acceptors (Lipinski definition) is 5. The fourth-order valence-corrected chi connectivity index (χ4v) is 4.23. The Balaban J connectivity index is 1.67. The van der Waals surface area contributed by atoms with E-state index >= 15 is 0 Å². The molecule has 0 aromatic rings. The average Bonchev–Trinajstić information content (AvgIpc) is 2.93. The Kier molecular flexibility index (Phi) is 6.23. The van der Waals surface area contributed by atoms with Gasteiger partial charge in [0.15, 0.2) is 0 Å². The van der Waals surface area contributed by atoms with E-state index in [1.807, 2.05) is 0 Å². The maximum absolute atomic E-state index is 12.0. The molecule has 1 atom stereocenters. The minimum atomic E-state index is -3.39. The Hall–Kier alpha value is -1.35. The molecule has 0 aromatic carbocycles. The smallest absolute Gasteiger partial charge is 0.239 e. The van der Waals surface area contributed by atoms with Gasteiger partial charge in [-0.3, -0.25) is 14.5 Å². The molecule has 23 heavy (non-hydrogen) atoms. The summed E-state index contributed by atoms with van der Waals surface area (Å²) in [4.78, 5) is 17.8. The highest BCUT2D eigenvalue weighted by Crippen LogP contribution is 2.25. The molecule has 0 spiro atoms. The Morgan fingerprint density at radius 1 is 1.26 bits per heavy atom. The molecule has 0 radical (unpaired) electrons. The van der Waals surface area contributed by atoms with Gasteiger partial charge >= 0.3 is 0 Å². The average molecular weight is 345 g/mol. The number of carbonyl (C=O) groups is 1. The minimum Gasteiger partial charge on any atom is -0.369 e. The Bertz CT molecular complexity index is 539. The number of amides is 1. The summed E-state index contributed by atoms with van der Waals surface area (Å²) >= 11 is 0. The zero-order chi connectivity index (χ0) is 16.9. The summed E-state index contributed by atoms with van der Waals surface area (Å²) in [5.74, 6) is -0.0959. The normalized spacial score (nSPS) is 21.1. The van der Waals surface area contributed by atoms with Crippen LogP contribution in [0.25, 0.3) is 0 Å². The van der Waals surface area contributed by atoms with Crippen molar-refractivity contribution in [2.24, 2.45) is 16.5 Å². The number of nitrogens with two attached hydrogens (primary N) is 2. The lowest BCUT2D eigenvalue weighted by atomic mass is 10.0. The Morgan fingerprint density at radius 2 is 1.91 bits per heavy atom. The number of carbonyl (C=O) groups excluding carboxylic acids is 1. The van der Waals surface area contributed by atoms with Crippen LogP contribution in [0.4, 0.5) is 0 Å². The molecule has 0 unspecified atom stereocenters. The van der Waals surface area contributed by atoms with Crippen molar-refractivity contribution in [3.63, 3.8) is 0 Å². The van der Waals surface area contributed by atoms with Crippen molar-refractivity contribution in [3.8, 4) is 0 Å². The largest absolute Gasteiger partial charge is 0.369 e. The first kappa shape index (κ1) is 18.0.